The Morgan fingerprint density at radius 1 is 1.64 bits per heavy atom. The van der Waals surface area contributed by atoms with Crippen molar-refractivity contribution < 1.29 is 20.1 Å². The Bertz CT molecular complexity index is 123. The first-order valence-electron chi connectivity index (χ1n) is 3.13. The van der Waals surface area contributed by atoms with Gasteiger partial charge in [-0.15, -0.1) is 0 Å². The first-order valence-corrected chi connectivity index (χ1v) is 3.13. The summed E-state index contributed by atoms with van der Waals surface area (Å²) in [5.41, 5.74) is 0. The van der Waals surface area contributed by atoms with Gasteiger partial charge in [0.25, 0.3) is 0 Å². The lowest BCUT2D eigenvalue weighted by Crippen LogP contribution is -2.20. The monoisotopic (exact) mass is 162 g/mol. The number of hydrogen-bond donors (Lipinski definition) is 3. The number of aliphatic hydroxyl groups is 2. The molecule has 0 aromatic carbocycles. The first-order chi connectivity index (χ1) is 4.83. The van der Waals surface area contributed by atoms with E-state index in [0.29, 0.717) is 6.42 Å². The molecule has 0 amide bonds. The number of hydrogen-bond acceptors (Lipinski definition) is 3. The maximum Gasteiger partial charge on any atom is 0.327 e. The summed E-state index contributed by atoms with van der Waals surface area (Å²) in [6, 6.07) is 0. The normalized spacial score (nSPS) is 9.45. The number of carboxylic acid groups (broad SMARTS) is 1. The van der Waals surface area contributed by atoms with Crippen molar-refractivity contribution in [2.24, 2.45) is 0 Å². The Kier molecular flexibility index (Phi) is 6.83. The van der Waals surface area contributed by atoms with E-state index in [1.165, 1.54) is 6.92 Å². The Labute approximate surface area is 65.8 Å². The predicted molar refractivity (Wildman–Crippen MR) is 41.0 cm³/mol. The van der Waals surface area contributed by atoms with Crippen LogP contribution in [0.3, 0.4) is 0 Å². The molecule has 0 aliphatic heterocycles. The van der Waals surface area contributed by atoms with Crippen molar-refractivity contribution in [2.45, 2.75) is 26.1 Å². The molecule has 3 N–H and O–H groups in total. The highest BCUT2D eigenvalue weighted by Crippen LogP contribution is 1.99. The zero-order valence-corrected chi connectivity index (χ0v) is 6.74. The lowest BCUT2D eigenvalue weighted by Gasteiger charge is -2.10. The van der Waals surface area contributed by atoms with Gasteiger partial charge in [0.2, 0.25) is 0 Å². The summed E-state index contributed by atoms with van der Waals surface area (Å²) in [6.07, 6.45) is 1.22. The molecular formula is C7H14O4. The number of carbonyl (C=O) groups is 1. The lowest BCUT2D eigenvalue weighted by molar-refractivity contribution is -0.145. The average Bonchev–Trinajstić information content (AvgIpc) is 1.88. The number of rotatable bonds is 2. The number of aliphatic carboxylic acids is 1. The van der Waals surface area contributed by atoms with Gasteiger partial charge in [-0.3, -0.25) is 0 Å². The summed E-state index contributed by atoms with van der Waals surface area (Å²) >= 11 is 0. The van der Waals surface area contributed by atoms with Crippen LogP contribution >= 0.6 is 0 Å². The third-order valence-corrected chi connectivity index (χ3v) is 0.844. The van der Waals surface area contributed by atoms with Crippen LogP contribution in [0.5, 0.6) is 0 Å². The maximum absolute atomic E-state index is 9.25. The van der Waals surface area contributed by atoms with Crippen LogP contribution in [-0.2, 0) is 4.79 Å². The quantitative estimate of drug-likeness (QED) is 0.404. The van der Waals surface area contributed by atoms with Gasteiger partial charge in [-0.25, -0.2) is 4.79 Å². The van der Waals surface area contributed by atoms with E-state index in [9.17, 15) is 4.79 Å². The Morgan fingerprint density at radius 2 is 1.82 bits per heavy atom. The van der Waals surface area contributed by atoms with Crippen molar-refractivity contribution in [2.75, 3.05) is 0 Å². The first kappa shape index (κ1) is 12.8. The Morgan fingerprint density at radius 3 is 1.82 bits per heavy atom. The predicted octanol–water partition coefficient (Wildman–Crippen LogP) is 0.354. The summed E-state index contributed by atoms with van der Waals surface area (Å²) < 4.78 is 0. The summed E-state index contributed by atoms with van der Waals surface area (Å²) in [4.78, 5) is 9.25. The smallest absolute Gasteiger partial charge is 0.327 e. The van der Waals surface area contributed by atoms with Crippen molar-refractivity contribution >= 4 is 5.97 Å². The second-order valence-electron chi connectivity index (χ2n) is 2.11. The SMILES string of the molecule is C=CC(=O)O.CCC(C)(O)O. The van der Waals surface area contributed by atoms with E-state index >= 15 is 0 Å². The van der Waals surface area contributed by atoms with Gasteiger partial charge >= 0.3 is 5.97 Å². The molecule has 0 bridgehead atoms. The molecule has 0 spiro atoms. The van der Waals surface area contributed by atoms with E-state index in [-0.39, 0.29) is 0 Å². The van der Waals surface area contributed by atoms with Gasteiger partial charge in [0.05, 0.1) is 0 Å². The summed E-state index contributed by atoms with van der Waals surface area (Å²) in [6.45, 7) is 6.02. The van der Waals surface area contributed by atoms with E-state index in [1.807, 2.05) is 0 Å². The summed E-state index contributed by atoms with van der Waals surface area (Å²) in [7, 11) is 0. The van der Waals surface area contributed by atoms with Crippen LogP contribution in [0, 0.1) is 0 Å². The molecule has 0 atom stereocenters. The zero-order valence-electron chi connectivity index (χ0n) is 6.74. The molecule has 0 fully saturated rings. The molecule has 4 nitrogen and oxygen atoms in total. The van der Waals surface area contributed by atoms with Crippen molar-refractivity contribution in [1.29, 1.82) is 0 Å². The van der Waals surface area contributed by atoms with E-state index in [2.05, 4.69) is 6.58 Å². The standard InChI is InChI=1S/C4H10O2.C3H4O2/c1-3-4(2,5)6;1-2-3(4)5/h5-6H,3H2,1-2H3;2H,1H2,(H,4,5). The minimum atomic E-state index is -1.46. The fourth-order valence-electron chi connectivity index (χ4n) is 0. The van der Waals surface area contributed by atoms with Crippen LogP contribution < -0.4 is 0 Å². The van der Waals surface area contributed by atoms with Crippen LogP contribution in [0.2, 0.25) is 0 Å². The van der Waals surface area contributed by atoms with Gasteiger partial charge < -0.3 is 15.3 Å². The van der Waals surface area contributed by atoms with E-state index in [4.69, 9.17) is 15.3 Å². The highest BCUT2D eigenvalue weighted by Gasteiger charge is 2.08. The highest BCUT2D eigenvalue weighted by atomic mass is 16.5. The van der Waals surface area contributed by atoms with Gasteiger partial charge in [0, 0.05) is 6.08 Å². The van der Waals surface area contributed by atoms with E-state index in [1.54, 1.807) is 6.92 Å². The third-order valence-electron chi connectivity index (χ3n) is 0.844. The van der Waals surface area contributed by atoms with Crippen LogP contribution in [0.4, 0.5) is 0 Å². The van der Waals surface area contributed by atoms with Crippen LogP contribution in [0.25, 0.3) is 0 Å². The summed E-state index contributed by atoms with van der Waals surface area (Å²) in [5.74, 6) is -2.44. The largest absolute Gasteiger partial charge is 0.478 e. The molecule has 0 radical (unpaired) electrons. The van der Waals surface area contributed by atoms with Gasteiger partial charge in [-0.2, -0.15) is 0 Å². The number of carboxylic acids is 1. The average molecular weight is 162 g/mol. The van der Waals surface area contributed by atoms with Crippen molar-refractivity contribution in [1.82, 2.24) is 0 Å². The van der Waals surface area contributed by atoms with Crippen molar-refractivity contribution in [3.8, 4) is 0 Å². The lowest BCUT2D eigenvalue weighted by atomic mass is 10.3. The van der Waals surface area contributed by atoms with Gasteiger partial charge in [0.15, 0.2) is 5.79 Å². The molecule has 66 valence electrons. The zero-order chi connectivity index (χ0) is 9.49. The molecule has 0 aliphatic rings. The molecule has 0 saturated heterocycles. The van der Waals surface area contributed by atoms with Gasteiger partial charge in [-0.05, 0) is 13.3 Å². The van der Waals surface area contributed by atoms with Crippen LogP contribution in [0.1, 0.15) is 20.3 Å². The van der Waals surface area contributed by atoms with Crippen molar-refractivity contribution in [3.63, 3.8) is 0 Å². The molecule has 0 saturated carbocycles. The second-order valence-corrected chi connectivity index (χ2v) is 2.11. The van der Waals surface area contributed by atoms with E-state index < -0.39 is 11.8 Å². The molecule has 0 aromatic rings. The minimum Gasteiger partial charge on any atom is -0.478 e. The molecule has 0 heterocycles. The maximum atomic E-state index is 9.25. The second kappa shape index (κ2) is 5.88. The van der Waals surface area contributed by atoms with Crippen LogP contribution in [-0.4, -0.2) is 27.1 Å². The molecule has 0 unspecified atom stereocenters. The van der Waals surface area contributed by atoms with Gasteiger partial charge in [0.1, 0.15) is 0 Å². The topological polar surface area (TPSA) is 77.8 Å². The molecule has 4 heteroatoms. The fraction of sp³-hybridized carbons (Fsp3) is 0.571. The molecule has 0 rings (SSSR count). The minimum absolute atomic E-state index is 0.382. The third kappa shape index (κ3) is 27.2. The highest BCUT2D eigenvalue weighted by molar-refractivity contribution is 5.78. The molecule has 11 heavy (non-hydrogen) atoms. The van der Waals surface area contributed by atoms with Crippen molar-refractivity contribution in [3.05, 3.63) is 12.7 Å². The van der Waals surface area contributed by atoms with Gasteiger partial charge in [-0.1, -0.05) is 13.5 Å². The Balaban J connectivity index is 0. The fourth-order valence-corrected chi connectivity index (χ4v) is 0. The molecular weight excluding hydrogens is 148 g/mol. The van der Waals surface area contributed by atoms with Crippen LogP contribution in [0.15, 0.2) is 12.7 Å². The summed E-state index contributed by atoms with van der Waals surface area (Å²) in [5, 5.41) is 24.4. The molecule has 0 aromatic heterocycles. The Hall–Kier alpha value is -0.870. The molecule has 0 aliphatic carbocycles. The van der Waals surface area contributed by atoms with E-state index in [0.717, 1.165) is 6.08 Å².